The lowest BCUT2D eigenvalue weighted by Crippen LogP contribution is -2.10. The smallest absolute Gasteiger partial charge is 0.0934 e. The molecule has 3 heteroatoms. The zero-order valence-corrected chi connectivity index (χ0v) is 8.18. The average Bonchev–Trinajstić information content (AvgIpc) is 2.10. The standard InChI is InChI=1S/C9H20N2O/c1-3-9(10)11-7-5-4-6-8-12-2/h3-8H2,1-2H3,(H2,10,11). The lowest BCUT2D eigenvalue weighted by molar-refractivity contribution is 0.192. The van der Waals surface area contributed by atoms with Crippen LogP contribution in [0, 0.1) is 0 Å². The van der Waals surface area contributed by atoms with Gasteiger partial charge in [0.25, 0.3) is 0 Å². The first-order valence-electron chi connectivity index (χ1n) is 4.59. The molecule has 0 heterocycles. The molecule has 0 aliphatic carbocycles. The van der Waals surface area contributed by atoms with Crippen LogP contribution in [-0.2, 0) is 4.74 Å². The van der Waals surface area contributed by atoms with Gasteiger partial charge in [0, 0.05) is 26.7 Å². The Bertz CT molecular complexity index is 124. The molecule has 0 saturated carbocycles. The van der Waals surface area contributed by atoms with Gasteiger partial charge in [-0.05, 0) is 19.3 Å². The molecular weight excluding hydrogens is 152 g/mol. The molecule has 0 aliphatic heterocycles. The number of aliphatic imine (C=N–C) groups is 1. The van der Waals surface area contributed by atoms with Crippen molar-refractivity contribution in [3.8, 4) is 0 Å². The maximum absolute atomic E-state index is 5.54. The topological polar surface area (TPSA) is 47.6 Å². The summed E-state index contributed by atoms with van der Waals surface area (Å²) in [6.45, 7) is 3.74. The van der Waals surface area contributed by atoms with Crippen molar-refractivity contribution in [2.45, 2.75) is 32.6 Å². The van der Waals surface area contributed by atoms with Gasteiger partial charge in [0.2, 0.25) is 0 Å². The third kappa shape index (κ3) is 7.54. The number of rotatable bonds is 7. The SMILES string of the molecule is CCC(N)=NCCCCCOC. The largest absolute Gasteiger partial charge is 0.387 e. The summed E-state index contributed by atoms with van der Waals surface area (Å²) in [5, 5.41) is 0. The second-order valence-electron chi connectivity index (χ2n) is 2.78. The molecule has 0 amide bonds. The van der Waals surface area contributed by atoms with Crippen molar-refractivity contribution in [3.05, 3.63) is 0 Å². The summed E-state index contributed by atoms with van der Waals surface area (Å²) in [5.74, 6) is 0.766. The van der Waals surface area contributed by atoms with Gasteiger partial charge < -0.3 is 10.5 Å². The number of hydrogen-bond donors (Lipinski definition) is 1. The van der Waals surface area contributed by atoms with Gasteiger partial charge in [-0.25, -0.2) is 0 Å². The van der Waals surface area contributed by atoms with Crippen LogP contribution in [0.3, 0.4) is 0 Å². The number of ether oxygens (including phenoxy) is 1. The summed E-state index contributed by atoms with van der Waals surface area (Å²) in [5.41, 5.74) is 5.54. The van der Waals surface area contributed by atoms with Crippen LogP contribution in [0.4, 0.5) is 0 Å². The minimum absolute atomic E-state index is 0.766. The van der Waals surface area contributed by atoms with E-state index in [1.165, 1.54) is 6.42 Å². The molecular formula is C9H20N2O. The van der Waals surface area contributed by atoms with E-state index in [1.54, 1.807) is 7.11 Å². The highest BCUT2D eigenvalue weighted by atomic mass is 16.5. The van der Waals surface area contributed by atoms with Crippen molar-refractivity contribution in [3.63, 3.8) is 0 Å². The van der Waals surface area contributed by atoms with Gasteiger partial charge in [-0.1, -0.05) is 6.92 Å². The van der Waals surface area contributed by atoms with Crippen LogP contribution in [0.25, 0.3) is 0 Å². The van der Waals surface area contributed by atoms with Crippen molar-refractivity contribution >= 4 is 5.84 Å². The van der Waals surface area contributed by atoms with E-state index in [-0.39, 0.29) is 0 Å². The molecule has 0 saturated heterocycles. The van der Waals surface area contributed by atoms with E-state index in [0.29, 0.717) is 0 Å². The van der Waals surface area contributed by atoms with Crippen molar-refractivity contribution in [1.82, 2.24) is 0 Å². The summed E-state index contributed by atoms with van der Waals surface area (Å²) in [7, 11) is 1.73. The molecule has 0 aromatic carbocycles. The van der Waals surface area contributed by atoms with Crippen molar-refractivity contribution in [2.75, 3.05) is 20.3 Å². The summed E-state index contributed by atoms with van der Waals surface area (Å²) in [4.78, 5) is 4.19. The lowest BCUT2D eigenvalue weighted by atomic mass is 10.2. The molecule has 0 aromatic rings. The maximum Gasteiger partial charge on any atom is 0.0934 e. The van der Waals surface area contributed by atoms with E-state index in [1.807, 2.05) is 6.92 Å². The number of nitrogens with two attached hydrogens (primary N) is 1. The first-order chi connectivity index (χ1) is 5.81. The lowest BCUT2D eigenvalue weighted by Gasteiger charge is -1.98. The van der Waals surface area contributed by atoms with Gasteiger partial charge in [-0.2, -0.15) is 0 Å². The van der Waals surface area contributed by atoms with Crippen LogP contribution in [-0.4, -0.2) is 26.1 Å². The predicted molar refractivity (Wildman–Crippen MR) is 52.5 cm³/mol. The second-order valence-corrected chi connectivity index (χ2v) is 2.78. The quantitative estimate of drug-likeness (QED) is 0.360. The Hall–Kier alpha value is -0.570. The van der Waals surface area contributed by atoms with Gasteiger partial charge in [0.1, 0.15) is 0 Å². The Morgan fingerprint density at radius 2 is 2.08 bits per heavy atom. The summed E-state index contributed by atoms with van der Waals surface area (Å²) in [6.07, 6.45) is 4.27. The summed E-state index contributed by atoms with van der Waals surface area (Å²) in [6, 6.07) is 0. The number of nitrogens with zero attached hydrogens (tertiary/aromatic N) is 1. The van der Waals surface area contributed by atoms with Crippen LogP contribution in [0.15, 0.2) is 4.99 Å². The van der Waals surface area contributed by atoms with Gasteiger partial charge in [0.15, 0.2) is 0 Å². The first-order valence-corrected chi connectivity index (χ1v) is 4.59. The minimum atomic E-state index is 0.766. The molecule has 3 nitrogen and oxygen atoms in total. The maximum atomic E-state index is 5.54. The van der Waals surface area contributed by atoms with Crippen LogP contribution in [0.5, 0.6) is 0 Å². The highest BCUT2D eigenvalue weighted by molar-refractivity contribution is 5.79. The molecule has 0 aliphatic rings. The zero-order chi connectivity index (χ0) is 9.23. The third-order valence-corrected chi connectivity index (χ3v) is 1.68. The number of amidine groups is 1. The Morgan fingerprint density at radius 1 is 1.33 bits per heavy atom. The highest BCUT2D eigenvalue weighted by Gasteiger charge is 1.88. The molecule has 0 unspecified atom stereocenters. The van der Waals surface area contributed by atoms with E-state index in [9.17, 15) is 0 Å². The fourth-order valence-corrected chi connectivity index (χ4v) is 0.869. The molecule has 0 spiro atoms. The predicted octanol–water partition coefficient (Wildman–Crippen LogP) is 1.57. The summed E-state index contributed by atoms with van der Waals surface area (Å²) >= 11 is 0. The Labute approximate surface area is 75.0 Å². The normalized spacial score (nSPS) is 12.0. The molecule has 0 rings (SSSR count). The molecule has 0 radical (unpaired) electrons. The number of methoxy groups -OCH3 is 1. The van der Waals surface area contributed by atoms with E-state index < -0.39 is 0 Å². The van der Waals surface area contributed by atoms with Crippen molar-refractivity contribution < 1.29 is 4.74 Å². The van der Waals surface area contributed by atoms with Crippen LogP contribution >= 0.6 is 0 Å². The average molecular weight is 172 g/mol. The Kier molecular flexibility index (Phi) is 8.12. The Morgan fingerprint density at radius 3 is 2.67 bits per heavy atom. The number of unbranched alkanes of at least 4 members (excludes halogenated alkanes) is 2. The van der Waals surface area contributed by atoms with Crippen molar-refractivity contribution in [2.24, 2.45) is 10.7 Å². The third-order valence-electron chi connectivity index (χ3n) is 1.68. The molecule has 0 atom stereocenters. The van der Waals surface area contributed by atoms with E-state index >= 15 is 0 Å². The van der Waals surface area contributed by atoms with Gasteiger partial charge >= 0.3 is 0 Å². The van der Waals surface area contributed by atoms with Gasteiger partial charge in [-0.15, -0.1) is 0 Å². The zero-order valence-electron chi connectivity index (χ0n) is 8.18. The van der Waals surface area contributed by atoms with Crippen LogP contribution in [0.2, 0.25) is 0 Å². The fraction of sp³-hybridized carbons (Fsp3) is 0.889. The monoisotopic (exact) mass is 172 g/mol. The van der Waals surface area contributed by atoms with E-state index in [4.69, 9.17) is 10.5 Å². The minimum Gasteiger partial charge on any atom is -0.387 e. The second kappa shape index (κ2) is 8.53. The fourth-order valence-electron chi connectivity index (χ4n) is 0.869. The van der Waals surface area contributed by atoms with Gasteiger partial charge in [0.05, 0.1) is 5.84 Å². The molecule has 2 N–H and O–H groups in total. The molecule has 12 heavy (non-hydrogen) atoms. The van der Waals surface area contributed by atoms with E-state index in [0.717, 1.165) is 38.2 Å². The summed E-state index contributed by atoms with van der Waals surface area (Å²) < 4.78 is 4.93. The Balaban J connectivity index is 3.10. The molecule has 0 bridgehead atoms. The van der Waals surface area contributed by atoms with Crippen LogP contribution < -0.4 is 5.73 Å². The molecule has 0 aromatic heterocycles. The highest BCUT2D eigenvalue weighted by Crippen LogP contribution is 1.95. The first kappa shape index (κ1) is 11.4. The van der Waals surface area contributed by atoms with E-state index in [2.05, 4.69) is 4.99 Å². The van der Waals surface area contributed by atoms with Crippen LogP contribution in [0.1, 0.15) is 32.6 Å². The number of hydrogen-bond acceptors (Lipinski definition) is 2. The molecule has 72 valence electrons. The van der Waals surface area contributed by atoms with Gasteiger partial charge in [-0.3, -0.25) is 4.99 Å². The molecule has 0 fully saturated rings. The van der Waals surface area contributed by atoms with Crippen molar-refractivity contribution in [1.29, 1.82) is 0 Å².